The van der Waals surface area contributed by atoms with Gasteiger partial charge in [-0.05, 0) is 18.2 Å². The molecule has 0 heterocycles. The topological polar surface area (TPSA) is 121 Å². The molecule has 0 saturated heterocycles. The first kappa shape index (κ1) is 18.6. The summed E-state index contributed by atoms with van der Waals surface area (Å²) in [6.45, 7) is 3.08. The first-order valence-electron chi connectivity index (χ1n) is 6.46. The van der Waals surface area contributed by atoms with Crippen molar-refractivity contribution in [2.75, 3.05) is 19.6 Å². The van der Waals surface area contributed by atoms with E-state index in [2.05, 4.69) is 0 Å². The summed E-state index contributed by atoms with van der Waals surface area (Å²) in [5.41, 5.74) is 0. The fourth-order valence-electron chi connectivity index (χ4n) is 1.75. The van der Waals surface area contributed by atoms with Gasteiger partial charge in [-0.2, -0.15) is 9.03 Å². The van der Waals surface area contributed by atoms with Gasteiger partial charge in [-0.3, -0.25) is 4.79 Å². The van der Waals surface area contributed by atoms with Crippen LogP contribution in [0.15, 0.2) is 34.1 Å². The fraction of sp³-hybridized carbons (Fsp3) is 0.417. The van der Waals surface area contributed by atoms with Gasteiger partial charge in [0.2, 0.25) is 20.0 Å². The maximum atomic E-state index is 12.4. The second-order valence-corrected chi connectivity index (χ2v) is 7.99. The molecule has 0 bridgehead atoms. The zero-order chi connectivity index (χ0) is 17.0. The number of hydrogen-bond acceptors (Lipinski definition) is 5. The van der Waals surface area contributed by atoms with Gasteiger partial charge in [0.1, 0.15) is 6.54 Å². The number of carbonyl (C=O) groups is 1. The van der Waals surface area contributed by atoms with Crippen LogP contribution in [0.3, 0.4) is 0 Å². The summed E-state index contributed by atoms with van der Waals surface area (Å²) in [6.07, 6.45) is 0. The van der Waals surface area contributed by atoms with Crippen molar-refractivity contribution in [1.82, 2.24) is 9.03 Å². The lowest BCUT2D eigenvalue weighted by atomic mass is 10.4. The second-order valence-electron chi connectivity index (χ2n) is 4.28. The third-order valence-corrected chi connectivity index (χ3v) is 6.32. The molecular formula is C12H18N2O6S2. The molecule has 1 aromatic rings. The molecular weight excluding hydrogens is 332 g/mol. The standard InChI is InChI=1S/C12H18N2O6S2/c1-3-14(4-2)22(19,20)11-7-5-6-10(8-11)21(17,18)13-9-12(15)16/h5-8,13H,3-4,9H2,1-2H3,(H,15,16). The Morgan fingerprint density at radius 2 is 1.68 bits per heavy atom. The largest absolute Gasteiger partial charge is 0.480 e. The van der Waals surface area contributed by atoms with Crippen LogP contribution in [0.5, 0.6) is 0 Å². The number of carboxylic acid groups (broad SMARTS) is 1. The highest BCUT2D eigenvalue weighted by Crippen LogP contribution is 2.19. The average Bonchev–Trinajstić information content (AvgIpc) is 2.46. The SMILES string of the molecule is CCN(CC)S(=O)(=O)c1cccc(S(=O)(=O)NCC(=O)O)c1. The van der Waals surface area contributed by atoms with Crippen LogP contribution >= 0.6 is 0 Å². The number of sulfonamides is 2. The molecule has 2 N–H and O–H groups in total. The molecule has 0 aliphatic rings. The molecule has 0 aliphatic heterocycles. The smallest absolute Gasteiger partial charge is 0.318 e. The molecule has 0 saturated carbocycles. The molecule has 0 spiro atoms. The van der Waals surface area contributed by atoms with Crippen LogP contribution in [-0.4, -0.2) is 51.9 Å². The van der Waals surface area contributed by atoms with E-state index >= 15 is 0 Å². The van der Waals surface area contributed by atoms with Crippen molar-refractivity contribution < 1.29 is 26.7 Å². The number of carboxylic acids is 1. The minimum absolute atomic E-state index is 0.158. The zero-order valence-corrected chi connectivity index (χ0v) is 13.8. The van der Waals surface area contributed by atoms with E-state index in [9.17, 15) is 21.6 Å². The molecule has 1 rings (SSSR count). The summed E-state index contributed by atoms with van der Waals surface area (Å²) < 4.78 is 51.7. The molecule has 0 fully saturated rings. The van der Waals surface area contributed by atoms with Crippen molar-refractivity contribution in [1.29, 1.82) is 0 Å². The van der Waals surface area contributed by atoms with Crippen molar-refractivity contribution in [2.45, 2.75) is 23.6 Å². The van der Waals surface area contributed by atoms with E-state index in [-0.39, 0.29) is 22.9 Å². The Kier molecular flexibility index (Phi) is 6.06. The van der Waals surface area contributed by atoms with Crippen molar-refractivity contribution in [3.63, 3.8) is 0 Å². The second kappa shape index (κ2) is 7.18. The normalized spacial score (nSPS) is 12.5. The predicted octanol–water partition coefficient (Wildman–Crippen LogP) is 0.0800. The summed E-state index contributed by atoms with van der Waals surface area (Å²) in [5.74, 6) is -1.34. The molecule has 0 unspecified atom stereocenters. The summed E-state index contributed by atoms with van der Waals surface area (Å²) in [4.78, 5) is 9.98. The Balaban J connectivity index is 3.22. The Morgan fingerprint density at radius 3 is 2.18 bits per heavy atom. The molecule has 8 nitrogen and oxygen atoms in total. The molecule has 10 heteroatoms. The van der Waals surface area contributed by atoms with Gasteiger partial charge in [0, 0.05) is 13.1 Å². The number of nitrogens with one attached hydrogen (secondary N) is 1. The molecule has 0 aromatic heterocycles. The van der Waals surface area contributed by atoms with Crippen LogP contribution < -0.4 is 4.72 Å². The van der Waals surface area contributed by atoms with E-state index in [1.165, 1.54) is 22.5 Å². The Hall–Kier alpha value is -1.49. The van der Waals surface area contributed by atoms with E-state index < -0.39 is 32.6 Å². The highest BCUT2D eigenvalue weighted by atomic mass is 32.2. The first-order chi connectivity index (χ1) is 10.1. The minimum atomic E-state index is -4.09. The first-order valence-corrected chi connectivity index (χ1v) is 9.39. The van der Waals surface area contributed by atoms with Crippen molar-refractivity contribution in [2.24, 2.45) is 0 Å². The van der Waals surface area contributed by atoms with Gasteiger partial charge in [-0.25, -0.2) is 16.8 Å². The van der Waals surface area contributed by atoms with Gasteiger partial charge in [0.15, 0.2) is 0 Å². The summed E-state index contributed by atoms with van der Waals surface area (Å²) in [6, 6.07) is 4.80. The fourth-order valence-corrected chi connectivity index (χ4v) is 4.35. The van der Waals surface area contributed by atoms with Crippen LogP contribution in [0.25, 0.3) is 0 Å². The van der Waals surface area contributed by atoms with Crippen LogP contribution in [0.2, 0.25) is 0 Å². The van der Waals surface area contributed by atoms with Gasteiger partial charge < -0.3 is 5.11 Å². The maximum Gasteiger partial charge on any atom is 0.318 e. The number of benzene rings is 1. The monoisotopic (exact) mass is 350 g/mol. The van der Waals surface area contributed by atoms with Gasteiger partial charge in [-0.15, -0.1) is 0 Å². The van der Waals surface area contributed by atoms with Crippen molar-refractivity contribution in [3.05, 3.63) is 24.3 Å². The zero-order valence-electron chi connectivity index (χ0n) is 12.2. The number of hydrogen-bond donors (Lipinski definition) is 2. The molecule has 0 aliphatic carbocycles. The van der Waals surface area contributed by atoms with E-state index in [1.54, 1.807) is 13.8 Å². The average molecular weight is 350 g/mol. The summed E-state index contributed by atoms with van der Waals surface area (Å²) in [7, 11) is -7.88. The van der Waals surface area contributed by atoms with Crippen LogP contribution in [0, 0.1) is 0 Å². The van der Waals surface area contributed by atoms with Crippen molar-refractivity contribution in [3.8, 4) is 0 Å². The van der Waals surface area contributed by atoms with Crippen LogP contribution in [-0.2, 0) is 24.8 Å². The lowest BCUT2D eigenvalue weighted by Gasteiger charge is -2.18. The molecule has 1 aromatic carbocycles. The van der Waals surface area contributed by atoms with Gasteiger partial charge in [0.25, 0.3) is 0 Å². The molecule has 22 heavy (non-hydrogen) atoms. The summed E-state index contributed by atoms with van der Waals surface area (Å²) >= 11 is 0. The van der Waals surface area contributed by atoms with Gasteiger partial charge >= 0.3 is 5.97 Å². The number of rotatable bonds is 8. The number of aliphatic carboxylic acids is 1. The lowest BCUT2D eigenvalue weighted by Crippen LogP contribution is -2.31. The lowest BCUT2D eigenvalue weighted by molar-refractivity contribution is -0.135. The van der Waals surface area contributed by atoms with E-state index in [0.717, 1.165) is 6.07 Å². The van der Waals surface area contributed by atoms with E-state index in [4.69, 9.17) is 5.11 Å². The maximum absolute atomic E-state index is 12.4. The Labute approximate surface area is 129 Å². The number of nitrogens with zero attached hydrogens (tertiary/aromatic N) is 1. The Bertz CT molecular complexity index is 739. The third-order valence-electron chi connectivity index (χ3n) is 2.87. The van der Waals surface area contributed by atoms with E-state index in [0.29, 0.717) is 0 Å². The van der Waals surface area contributed by atoms with E-state index in [1.807, 2.05) is 4.72 Å². The Morgan fingerprint density at radius 1 is 1.14 bits per heavy atom. The molecule has 124 valence electrons. The molecule has 0 radical (unpaired) electrons. The molecule has 0 atom stereocenters. The van der Waals surface area contributed by atoms with Gasteiger partial charge in [0.05, 0.1) is 9.79 Å². The highest BCUT2D eigenvalue weighted by Gasteiger charge is 2.24. The summed E-state index contributed by atoms with van der Waals surface area (Å²) in [5, 5.41) is 8.51. The van der Waals surface area contributed by atoms with Crippen LogP contribution in [0.4, 0.5) is 0 Å². The third kappa shape index (κ3) is 4.26. The quantitative estimate of drug-likeness (QED) is 0.685. The van der Waals surface area contributed by atoms with Gasteiger partial charge in [-0.1, -0.05) is 19.9 Å². The van der Waals surface area contributed by atoms with Crippen molar-refractivity contribution >= 4 is 26.0 Å². The van der Waals surface area contributed by atoms with Crippen LogP contribution in [0.1, 0.15) is 13.8 Å². The highest BCUT2D eigenvalue weighted by molar-refractivity contribution is 7.90. The minimum Gasteiger partial charge on any atom is -0.480 e. The predicted molar refractivity (Wildman–Crippen MR) is 79.4 cm³/mol. The molecule has 0 amide bonds.